The van der Waals surface area contributed by atoms with Gasteiger partial charge in [-0.3, -0.25) is 0 Å². The molecule has 0 aliphatic heterocycles. The highest BCUT2D eigenvalue weighted by atomic mass is 19.4. The maximum atomic E-state index is 12.0. The topological polar surface area (TPSA) is 21.3 Å². The Hall–Kier alpha value is -0.290. The quantitative estimate of drug-likeness (QED) is 0.785. The van der Waals surface area contributed by atoms with Crippen LogP contribution in [0, 0.1) is 5.41 Å². The van der Waals surface area contributed by atoms with Gasteiger partial charge in [0.05, 0.1) is 6.61 Å². The first-order valence-corrected chi connectivity index (χ1v) is 6.21. The molecule has 0 spiro atoms. The van der Waals surface area contributed by atoms with Crippen LogP contribution < -0.4 is 5.32 Å². The van der Waals surface area contributed by atoms with Gasteiger partial charge < -0.3 is 10.1 Å². The summed E-state index contributed by atoms with van der Waals surface area (Å²) in [5, 5.41) is 3.31. The fraction of sp³-hybridized carbons (Fsp3) is 1.00. The van der Waals surface area contributed by atoms with Gasteiger partial charge in [0.25, 0.3) is 0 Å². The van der Waals surface area contributed by atoms with Crippen LogP contribution >= 0.6 is 0 Å². The maximum absolute atomic E-state index is 12.0. The molecular weight excluding hydrogens is 231 g/mol. The Labute approximate surface area is 101 Å². The molecule has 0 heterocycles. The second-order valence-electron chi connectivity index (χ2n) is 5.35. The van der Waals surface area contributed by atoms with Gasteiger partial charge in [-0.2, -0.15) is 13.2 Å². The van der Waals surface area contributed by atoms with Crippen molar-refractivity contribution in [1.29, 1.82) is 0 Å². The highest BCUT2D eigenvalue weighted by Crippen LogP contribution is 2.38. The monoisotopic (exact) mass is 253 g/mol. The van der Waals surface area contributed by atoms with Crippen LogP contribution in [0.1, 0.15) is 39.5 Å². The van der Waals surface area contributed by atoms with Gasteiger partial charge in [-0.15, -0.1) is 0 Å². The summed E-state index contributed by atoms with van der Waals surface area (Å²) in [4.78, 5) is 0. The Bertz CT molecular complexity index is 222. The SMILES string of the molecule is CC(C)NCC1(COCC(F)(F)F)CCCC1. The zero-order chi connectivity index (χ0) is 12.9. The van der Waals surface area contributed by atoms with E-state index < -0.39 is 12.8 Å². The number of alkyl halides is 3. The summed E-state index contributed by atoms with van der Waals surface area (Å²) in [7, 11) is 0. The van der Waals surface area contributed by atoms with Gasteiger partial charge in [0.15, 0.2) is 0 Å². The molecule has 1 aliphatic carbocycles. The molecule has 1 fully saturated rings. The smallest absolute Gasteiger partial charge is 0.371 e. The number of rotatable bonds is 6. The molecule has 5 heteroatoms. The molecule has 0 saturated heterocycles. The number of halogens is 3. The fourth-order valence-corrected chi connectivity index (χ4v) is 2.30. The van der Waals surface area contributed by atoms with Crippen LogP contribution in [-0.4, -0.2) is 32.0 Å². The van der Waals surface area contributed by atoms with Crippen molar-refractivity contribution in [3.8, 4) is 0 Å². The van der Waals surface area contributed by atoms with E-state index in [9.17, 15) is 13.2 Å². The highest BCUT2D eigenvalue weighted by molar-refractivity contribution is 4.87. The Kier molecular flexibility index (Phi) is 5.25. The van der Waals surface area contributed by atoms with Crippen molar-refractivity contribution in [1.82, 2.24) is 5.32 Å². The van der Waals surface area contributed by atoms with E-state index in [-0.39, 0.29) is 12.0 Å². The van der Waals surface area contributed by atoms with Crippen LogP contribution in [-0.2, 0) is 4.74 Å². The summed E-state index contributed by atoms with van der Waals surface area (Å²) >= 11 is 0. The van der Waals surface area contributed by atoms with E-state index >= 15 is 0 Å². The Balaban J connectivity index is 2.37. The fourth-order valence-electron chi connectivity index (χ4n) is 2.30. The third-order valence-corrected chi connectivity index (χ3v) is 3.22. The molecule has 2 nitrogen and oxygen atoms in total. The van der Waals surface area contributed by atoms with Gasteiger partial charge in [-0.1, -0.05) is 26.7 Å². The average Bonchev–Trinajstić information content (AvgIpc) is 2.62. The van der Waals surface area contributed by atoms with Gasteiger partial charge in [0, 0.05) is 18.0 Å². The Morgan fingerprint density at radius 1 is 1.24 bits per heavy atom. The second kappa shape index (κ2) is 6.05. The number of hydrogen-bond acceptors (Lipinski definition) is 2. The zero-order valence-corrected chi connectivity index (χ0v) is 10.6. The van der Waals surface area contributed by atoms with Gasteiger partial charge in [-0.25, -0.2) is 0 Å². The van der Waals surface area contributed by atoms with Crippen molar-refractivity contribution in [3.05, 3.63) is 0 Å². The van der Waals surface area contributed by atoms with E-state index in [1.165, 1.54) is 0 Å². The molecular formula is C12H22F3NO. The maximum Gasteiger partial charge on any atom is 0.411 e. The van der Waals surface area contributed by atoms with Crippen LogP contribution in [0.5, 0.6) is 0 Å². The van der Waals surface area contributed by atoms with E-state index in [4.69, 9.17) is 4.74 Å². The van der Waals surface area contributed by atoms with E-state index in [0.29, 0.717) is 6.04 Å². The molecule has 0 aromatic rings. The van der Waals surface area contributed by atoms with Gasteiger partial charge >= 0.3 is 6.18 Å². The lowest BCUT2D eigenvalue weighted by Crippen LogP contribution is -2.39. The number of nitrogens with one attached hydrogen (secondary N) is 1. The molecule has 0 bridgehead atoms. The Morgan fingerprint density at radius 3 is 2.29 bits per heavy atom. The minimum Gasteiger partial charge on any atom is -0.371 e. The van der Waals surface area contributed by atoms with Crippen molar-refractivity contribution in [2.24, 2.45) is 5.41 Å². The second-order valence-corrected chi connectivity index (χ2v) is 5.35. The van der Waals surface area contributed by atoms with Gasteiger partial charge in [0.2, 0.25) is 0 Å². The zero-order valence-electron chi connectivity index (χ0n) is 10.6. The largest absolute Gasteiger partial charge is 0.411 e. The standard InChI is InChI=1S/C12H22F3NO/c1-10(2)16-7-11(5-3-4-6-11)8-17-9-12(13,14)15/h10,16H,3-9H2,1-2H3. The Morgan fingerprint density at radius 2 is 1.82 bits per heavy atom. The molecule has 1 saturated carbocycles. The highest BCUT2D eigenvalue weighted by Gasteiger charge is 2.36. The lowest BCUT2D eigenvalue weighted by Gasteiger charge is -2.30. The van der Waals surface area contributed by atoms with E-state index in [2.05, 4.69) is 5.32 Å². The van der Waals surface area contributed by atoms with Crippen molar-refractivity contribution in [3.63, 3.8) is 0 Å². The third kappa shape index (κ3) is 5.73. The summed E-state index contributed by atoms with van der Waals surface area (Å²) < 4.78 is 40.9. The molecule has 0 amide bonds. The third-order valence-electron chi connectivity index (χ3n) is 3.22. The van der Waals surface area contributed by atoms with E-state index in [1.54, 1.807) is 0 Å². The molecule has 0 atom stereocenters. The van der Waals surface area contributed by atoms with Crippen molar-refractivity contribution < 1.29 is 17.9 Å². The predicted molar refractivity (Wildman–Crippen MR) is 60.9 cm³/mol. The first kappa shape index (κ1) is 14.8. The van der Waals surface area contributed by atoms with Crippen LogP contribution in [0.25, 0.3) is 0 Å². The minimum atomic E-state index is -4.22. The molecule has 102 valence electrons. The lowest BCUT2D eigenvalue weighted by molar-refractivity contribution is -0.180. The summed E-state index contributed by atoms with van der Waals surface area (Å²) in [5.41, 5.74) is -0.0878. The molecule has 1 N–H and O–H groups in total. The first-order valence-electron chi connectivity index (χ1n) is 6.21. The average molecular weight is 253 g/mol. The molecule has 0 aromatic carbocycles. The van der Waals surface area contributed by atoms with Crippen LogP contribution in [0.15, 0.2) is 0 Å². The summed E-state index contributed by atoms with van der Waals surface area (Å²) in [6.07, 6.45) is -0.106. The summed E-state index contributed by atoms with van der Waals surface area (Å²) in [5.74, 6) is 0. The van der Waals surface area contributed by atoms with E-state index in [0.717, 1.165) is 32.2 Å². The van der Waals surface area contributed by atoms with Crippen LogP contribution in [0.2, 0.25) is 0 Å². The molecule has 0 radical (unpaired) electrons. The van der Waals surface area contributed by atoms with Crippen molar-refractivity contribution in [2.75, 3.05) is 19.8 Å². The summed E-state index contributed by atoms with van der Waals surface area (Å²) in [6.45, 7) is 3.92. The molecule has 0 aromatic heterocycles. The van der Waals surface area contributed by atoms with Crippen molar-refractivity contribution >= 4 is 0 Å². The van der Waals surface area contributed by atoms with E-state index in [1.807, 2.05) is 13.8 Å². The van der Waals surface area contributed by atoms with Crippen molar-refractivity contribution in [2.45, 2.75) is 51.7 Å². The molecule has 1 rings (SSSR count). The van der Waals surface area contributed by atoms with Crippen LogP contribution in [0.4, 0.5) is 13.2 Å². The molecule has 17 heavy (non-hydrogen) atoms. The number of hydrogen-bond donors (Lipinski definition) is 1. The predicted octanol–water partition coefficient (Wildman–Crippen LogP) is 3.12. The number of ether oxygens (including phenoxy) is 1. The molecule has 1 aliphatic rings. The van der Waals surface area contributed by atoms with Crippen LogP contribution in [0.3, 0.4) is 0 Å². The lowest BCUT2D eigenvalue weighted by atomic mass is 9.87. The van der Waals surface area contributed by atoms with Gasteiger partial charge in [0.1, 0.15) is 6.61 Å². The normalized spacial score (nSPS) is 20.1. The first-order chi connectivity index (χ1) is 7.83. The van der Waals surface area contributed by atoms with Gasteiger partial charge in [-0.05, 0) is 12.8 Å². The summed E-state index contributed by atoms with van der Waals surface area (Å²) in [6, 6.07) is 0.357. The minimum absolute atomic E-state index is 0.0878. The molecule has 0 unspecified atom stereocenters.